The number of hydrogen-bond donors (Lipinski definition) is 0. The van der Waals surface area contributed by atoms with Gasteiger partial charge in [-0.1, -0.05) is 60.7 Å². The van der Waals surface area contributed by atoms with Crippen LogP contribution in [-0.4, -0.2) is 11.8 Å². The van der Waals surface area contributed by atoms with Crippen molar-refractivity contribution in [3.63, 3.8) is 0 Å². The Kier molecular flexibility index (Phi) is 5.64. The van der Waals surface area contributed by atoms with Crippen molar-refractivity contribution < 1.29 is 18.4 Å². The number of carbonyl (C=O) groups excluding carboxylic acids is 2. The van der Waals surface area contributed by atoms with Gasteiger partial charge in [-0.2, -0.15) is 0 Å². The fourth-order valence-corrected chi connectivity index (χ4v) is 4.20. The zero-order chi connectivity index (χ0) is 23.7. The van der Waals surface area contributed by atoms with E-state index in [2.05, 4.69) is 0 Å². The van der Waals surface area contributed by atoms with E-state index < -0.39 is 11.6 Å². The summed E-state index contributed by atoms with van der Waals surface area (Å²) in [6.45, 7) is -0.0884. The Labute approximate surface area is 195 Å². The highest BCUT2D eigenvalue weighted by Gasteiger charge is 2.33. The number of nitrogens with zero attached hydrogens (tertiary/aromatic N) is 2. The first-order chi connectivity index (χ1) is 16.5. The SMILES string of the molecule is O=C1c2ccccc2N(Cc2ccccc2F)C(=O)c2ccccc2N1Cc1ccccc1F. The lowest BCUT2D eigenvalue weighted by molar-refractivity contribution is 0.0971. The molecule has 0 saturated carbocycles. The van der Waals surface area contributed by atoms with Crippen LogP contribution in [0.1, 0.15) is 31.8 Å². The van der Waals surface area contributed by atoms with E-state index in [-0.39, 0.29) is 36.0 Å². The van der Waals surface area contributed by atoms with Gasteiger partial charge in [0, 0.05) is 11.1 Å². The molecular weight excluding hydrogens is 434 g/mol. The zero-order valence-electron chi connectivity index (χ0n) is 18.1. The first-order valence-corrected chi connectivity index (χ1v) is 10.8. The van der Waals surface area contributed by atoms with E-state index in [0.29, 0.717) is 22.5 Å². The molecule has 0 unspecified atom stereocenters. The van der Waals surface area contributed by atoms with Gasteiger partial charge in [-0.25, -0.2) is 8.78 Å². The van der Waals surface area contributed by atoms with Crippen molar-refractivity contribution in [2.24, 2.45) is 0 Å². The van der Waals surface area contributed by atoms with Crippen LogP contribution in [0, 0.1) is 11.6 Å². The highest BCUT2D eigenvalue weighted by Crippen LogP contribution is 2.34. The van der Waals surface area contributed by atoms with E-state index in [9.17, 15) is 18.4 Å². The highest BCUT2D eigenvalue weighted by molar-refractivity contribution is 6.20. The summed E-state index contributed by atoms with van der Waals surface area (Å²) in [4.78, 5) is 30.5. The summed E-state index contributed by atoms with van der Waals surface area (Å²) < 4.78 is 29.0. The molecule has 0 fully saturated rings. The van der Waals surface area contributed by atoms with Crippen molar-refractivity contribution >= 4 is 23.2 Å². The second-order valence-corrected chi connectivity index (χ2v) is 8.00. The van der Waals surface area contributed by atoms with Crippen LogP contribution in [0.15, 0.2) is 97.1 Å². The lowest BCUT2D eigenvalue weighted by Gasteiger charge is -2.33. The van der Waals surface area contributed by atoms with Crippen molar-refractivity contribution in [3.8, 4) is 0 Å². The van der Waals surface area contributed by atoms with Crippen LogP contribution in [0.2, 0.25) is 0 Å². The van der Waals surface area contributed by atoms with Gasteiger partial charge in [0.25, 0.3) is 11.8 Å². The van der Waals surface area contributed by atoms with Crippen molar-refractivity contribution in [1.82, 2.24) is 0 Å². The van der Waals surface area contributed by atoms with E-state index >= 15 is 0 Å². The molecule has 4 aromatic carbocycles. The number of hydrogen-bond acceptors (Lipinski definition) is 2. The molecule has 0 radical (unpaired) electrons. The van der Waals surface area contributed by atoms with Crippen LogP contribution in [0.25, 0.3) is 0 Å². The Morgan fingerprint density at radius 2 is 0.853 bits per heavy atom. The molecule has 0 bridgehead atoms. The minimum atomic E-state index is -0.435. The molecule has 4 aromatic rings. The van der Waals surface area contributed by atoms with Gasteiger partial charge in [-0.15, -0.1) is 0 Å². The van der Waals surface area contributed by atoms with Crippen molar-refractivity contribution in [2.75, 3.05) is 9.80 Å². The maximum absolute atomic E-state index is 14.5. The number of anilines is 2. The molecule has 1 aliphatic heterocycles. The zero-order valence-corrected chi connectivity index (χ0v) is 18.1. The third kappa shape index (κ3) is 3.83. The minimum absolute atomic E-state index is 0.0442. The fraction of sp³-hybridized carbons (Fsp3) is 0.0714. The van der Waals surface area contributed by atoms with E-state index in [1.807, 2.05) is 0 Å². The van der Waals surface area contributed by atoms with E-state index in [4.69, 9.17) is 0 Å². The van der Waals surface area contributed by atoms with Gasteiger partial charge in [0.1, 0.15) is 11.6 Å². The number of amides is 2. The molecule has 1 aliphatic rings. The van der Waals surface area contributed by atoms with Crippen LogP contribution in [-0.2, 0) is 13.1 Å². The first kappa shape index (κ1) is 21.5. The van der Waals surface area contributed by atoms with Gasteiger partial charge in [0.05, 0.1) is 35.6 Å². The van der Waals surface area contributed by atoms with Gasteiger partial charge < -0.3 is 9.80 Å². The maximum atomic E-state index is 14.5. The molecule has 0 saturated heterocycles. The van der Waals surface area contributed by atoms with Crippen LogP contribution < -0.4 is 9.80 Å². The molecule has 5 rings (SSSR count). The molecule has 0 atom stereocenters. The molecular formula is C28H20F2N2O2. The summed E-state index contributed by atoms with van der Waals surface area (Å²) in [6.07, 6.45) is 0. The number of para-hydroxylation sites is 2. The minimum Gasteiger partial charge on any atom is -0.303 e. The van der Waals surface area contributed by atoms with Gasteiger partial charge in [0.15, 0.2) is 0 Å². The van der Waals surface area contributed by atoms with Gasteiger partial charge in [0.2, 0.25) is 0 Å². The quantitative estimate of drug-likeness (QED) is 0.381. The summed E-state index contributed by atoms with van der Waals surface area (Å²) in [6, 6.07) is 25.9. The summed E-state index contributed by atoms with van der Waals surface area (Å²) in [5.74, 6) is -1.62. The predicted molar refractivity (Wildman–Crippen MR) is 127 cm³/mol. The van der Waals surface area contributed by atoms with E-state index in [1.165, 1.54) is 21.9 Å². The molecule has 0 aliphatic carbocycles. The Hall–Kier alpha value is -4.32. The first-order valence-electron chi connectivity index (χ1n) is 10.8. The second-order valence-electron chi connectivity index (χ2n) is 8.00. The molecule has 0 spiro atoms. The van der Waals surface area contributed by atoms with E-state index in [1.54, 1.807) is 84.9 Å². The lowest BCUT2D eigenvalue weighted by Crippen LogP contribution is -2.40. The van der Waals surface area contributed by atoms with Crippen molar-refractivity contribution in [2.45, 2.75) is 13.1 Å². The lowest BCUT2D eigenvalue weighted by atomic mass is 10.0. The fourth-order valence-electron chi connectivity index (χ4n) is 4.20. The normalized spacial score (nSPS) is 13.2. The average Bonchev–Trinajstić information content (AvgIpc) is 2.87. The average molecular weight is 454 g/mol. The number of fused-ring (bicyclic) bond motifs is 2. The number of carbonyl (C=O) groups is 2. The summed E-state index contributed by atoms with van der Waals surface area (Å²) in [7, 11) is 0. The second kappa shape index (κ2) is 8.90. The molecule has 1 heterocycles. The smallest absolute Gasteiger partial charge is 0.260 e. The van der Waals surface area contributed by atoms with Crippen LogP contribution in [0.5, 0.6) is 0 Å². The summed E-state index contributed by atoms with van der Waals surface area (Å²) >= 11 is 0. The maximum Gasteiger partial charge on any atom is 0.260 e. The molecule has 4 nitrogen and oxygen atoms in total. The topological polar surface area (TPSA) is 40.6 Å². The standard InChI is InChI=1S/C28H20F2N2O2/c29-23-13-5-1-9-19(23)17-31-25-15-7-3-11-21(25)28(34)32(18-20-10-2-6-14-24(20)30)26-16-8-4-12-22(26)27(31)33/h1-16H,17-18H2. The van der Waals surface area contributed by atoms with Crippen LogP contribution in [0.3, 0.4) is 0 Å². The molecule has 0 aromatic heterocycles. The van der Waals surface area contributed by atoms with Crippen molar-refractivity contribution in [1.29, 1.82) is 0 Å². The largest absolute Gasteiger partial charge is 0.303 e. The van der Waals surface area contributed by atoms with Crippen LogP contribution >= 0.6 is 0 Å². The summed E-state index contributed by atoms with van der Waals surface area (Å²) in [5.41, 5.74) is 1.96. The number of halogens is 2. The third-order valence-corrected chi connectivity index (χ3v) is 5.91. The Bertz CT molecular complexity index is 1300. The van der Waals surface area contributed by atoms with Gasteiger partial charge >= 0.3 is 0 Å². The third-order valence-electron chi connectivity index (χ3n) is 5.91. The Morgan fingerprint density at radius 1 is 0.500 bits per heavy atom. The highest BCUT2D eigenvalue weighted by atomic mass is 19.1. The number of benzene rings is 4. The number of rotatable bonds is 4. The molecule has 168 valence electrons. The summed E-state index contributed by atoms with van der Waals surface area (Å²) in [5, 5.41) is 0. The monoisotopic (exact) mass is 454 g/mol. The Morgan fingerprint density at radius 3 is 1.26 bits per heavy atom. The van der Waals surface area contributed by atoms with E-state index in [0.717, 1.165) is 0 Å². The van der Waals surface area contributed by atoms with Crippen LogP contribution in [0.4, 0.5) is 20.2 Å². The molecule has 2 amide bonds. The molecule has 6 heteroatoms. The van der Waals surface area contributed by atoms with Crippen molar-refractivity contribution in [3.05, 3.63) is 131 Å². The Balaban J connectivity index is 1.67. The molecule has 34 heavy (non-hydrogen) atoms. The van der Waals surface area contributed by atoms with Gasteiger partial charge in [-0.05, 0) is 36.4 Å². The van der Waals surface area contributed by atoms with Gasteiger partial charge in [-0.3, -0.25) is 9.59 Å². The predicted octanol–water partition coefficient (Wildman–Crippen LogP) is 5.97. The molecule has 0 N–H and O–H groups in total.